The van der Waals surface area contributed by atoms with Crippen molar-refractivity contribution >= 4 is 39.2 Å². The van der Waals surface area contributed by atoms with Gasteiger partial charge in [0.25, 0.3) is 0 Å². The Morgan fingerprint density at radius 3 is 2.87 bits per heavy atom. The zero-order chi connectivity index (χ0) is 21.0. The molecule has 1 aromatic carbocycles. The van der Waals surface area contributed by atoms with Gasteiger partial charge in [0, 0.05) is 34.8 Å². The topological polar surface area (TPSA) is 98.7 Å². The van der Waals surface area contributed by atoms with Crippen LogP contribution in [0.4, 0.5) is 5.82 Å². The summed E-state index contributed by atoms with van der Waals surface area (Å²) in [5.74, 6) is 0.208. The number of hydrogen-bond donors (Lipinski definition) is 2. The van der Waals surface area contributed by atoms with E-state index in [2.05, 4.69) is 39.5 Å². The van der Waals surface area contributed by atoms with E-state index in [1.54, 1.807) is 6.92 Å². The van der Waals surface area contributed by atoms with Gasteiger partial charge in [-0.05, 0) is 24.6 Å². The second kappa shape index (κ2) is 6.52. The summed E-state index contributed by atoms with van der Waals surface area (Å²) in [4.78, 5) is 25.5. The van der Waals surface area contributed by atoms with E-state index < -0.39 is 0 Å². The second-order valence-corrected chi connectivity index (χ2v) is 7.54. The van der Waals surface area contributed by atoms with Crippen LogP contribution in [0.3, 0.4) is 0 Å². The van der Waals surface area contributed by atoms with Crippen LogP contribution in [-0.2, 0) is 11.3 Å². The lowest BCUT2D eigenvalue weighted by Crippen LogP contribution is -2.35. The second-order valence-electron chi connectivity index (χ2n) is 7.54. The summed E-state index contributed by atoms with van der Waals surface area (Å²) in [6.45, 7) is 10.2. The fourth-order valence-corrected chi connectivity index (χ4v) is 4.07. The molecule has 0 spiro atoms. The Morgan fingerprint density at radius 1 is 1.27 bits per heavy atom. The highest BCUT2D eigenvalue weighted by molar-refractivity contribution is 6.08. The number of fused-ring (bicyclic) bond motifs is 4. The van der Waals surface area contributed by atoms with Crippen LogP contribution in [0.1, 0.15) is 12.6 Å². The van der Waals surface area contributed by atoms with Crippen LogP contribution in [0.15, 0.2) is 61.6 Å². The summed E-state index contributed by atoms with van der Waals surface area (Å²) in [5, 5.41) is 4.80. The van der Waals surface area contributed by atoms with Gasteiger partial charge in [-0.2, -0.15) is 0 Å². The molecule has 0 bridgehead atoms. The van der Waals surface area contributed by atoms with Crippen molar-refractivity contribution in [3.8, 4) is 11.1 Å². The Morgan fingerprint density at radius 2 is 2.07 bits per heavy atom. The number of nitrogens with two attached hydrogens (primary N) is 1. The number of aromatic nitrogens is 4. The zero-order valence-corrected chi connectivity index (χ0v) is 16.5. The van der Waals surface area contributed by atoms with Gasteiger partial charge in [0.1, 0.15) is 17.8 Å². The van der Waals surface area contributed by atoms with Gasteiger partial charge in [-0.3, -0.25) is 9.78 Å². The Kier molecular flexibility index (Phi) is 3.92. The zero-order valence-electron chi connectivity index (χ0n) is 16.5. The van der Waals surface area contributed by atoms with Crippen molar-refractivity contribution in [2.75, 3.05) is 5.73 Å². The van der Waals surface area contributed by atoms with E-state index in [4.69, 9.17) is 5.73 Å². The summed E-state index contributed by atoms with van der Waals surface area (Å²) in [7, 11) is 0. The molecule has 0 saturated carbocycles. The lowest BCUT2D eigenvalue weighted by atomic mass is 9.98. The molecule has 7 heteroatoms. The lowest BCUT2D eigenvalue weighted by Gasteiger charge is -2.15. The largest absolute Gasteiger partial charge is 0.383 e. The molecule has 4 aromatic rings. The van der Waals surface area contributed by atoms with Gasteiger partial charge in [-0.25, -0.2) is 9.97 Å². The Bertz CT molecular complexity index is 1380. The SMILES string of the molecule is C=C(C)C(=O)N[C@@H]1Cn2c(c(-c3cnc4ccccc4c3)c3c(N)ncnc32)C1=C. The van der Waals surface area contributed by atoms with E-state index in [1.165, 1.54) is 6.33 Å². The number of nitrogens with zero attached hydrogens (tertiary/aromatic N) is 4. The van der Waals surface area contributed by atoms with E-state index in [1.807, 2.05) is 35.0 Å². The molecular weight excluding hydrogens is 376 g/mol. The molecule has 1 atom stereocenters. The van der Waals surface area contributed by atoms with Crippen molar-refractivity contribution in [2.45, 2.75) is 19.5 Å². The van der Waals surface area contributed by atoms with E-state index in [9.17, 15) is 4.79 Å². The lowest BCUT2D eigenvalue weighted by molar-refractivity contribution is -0.117. The molecule has 0 saturated heterocycles. The molecule has 0 radical (unpaired) electrons. The minimum atomic E-state index is -0.253. The van der Waals surface area contributed by atoms with Gasteiger partial charge in [0.15, 0.2) is 0 Å². The Labute approximate surface area is 173 Å². The molecule has 7 nitrogen and oxygen atoms in total. The summed E-state index contributed by atoms with van der Waals surface area (Å²) in [5.41, 5.74) is 11.8. The number of amides is 1. The third-order valence-electron chi connectivity index (χ3n) is 5.53. The van der Waals surface area contributed by atoms with Gasteiger partial charge in [-0.1, -0.05) is 31.4 Å². The average molecular weight is 396 g/mol. The first-order valence-corrected chi connectivity index (χ1v) is 9.59. The predicted octanol–water partition coefficient (Wildman–Crippen LogP) is 3.32. The van der Waals surface area contributed by atoms with Crippen LogP contribution in [0.2, 0.25) is 0 Å². The highest BCUT2D eigenvalue weighted by Gasteiger charge is 2.34. The molecule has 0 unspecified atom stereocenters. The molecule has 5 rings (SSSR count). The normalized spacial score (nSPS) is 15.5. The van der Waals surface area contributed by atoms with Crippen LogP contribution < -0.4 is 11.1 Å². The first kappa shape index (κ1) is 18.1. The molecule has 3 N–H and O–H groups in total. The van der Waals surface area contributed by atoms with Crippen LogP contribution in [-0.4, -0.2) is 31.5 Å². The number of nitrogen functional groups attached to an aromatic ring is 1. The van der Waals surface area contributed by atoms with Crippen molar-refractivity contribution < 1.29 is 4.79 Å². The monoisotopic (exact) mass is 396 g/mol. The minimum Gasteiger partial charge on any atom is -0.383 e. The van der Waals surface area contributed by atoms with E-state index in [0.29, 0.717) is 23.6 Å². The third kappa shape index (κ3) is 2.59. The number of carbonyl (C=O) groups excluding carboxylic acids is 1. The van der Waals surface area contributed by atoms with Crippen molar-refractivity contribution in [1.82, 2.24) is 24.8 Å². The first-order chi connectivity index (χ1) is 14.5. The van der Waals surface area contributed by atoms with Crippen molar-refractivity contribution in [2.24, 2.45) is 0 Å². The summed E-state index contributed by atoms with van der Waals surface area (Å²) in [6.07, 6.45) is 3.29. The Balaban J connectivity index is 1.73. The molecule has 30 heavy (non-hydrogen) atoms. The van der Waals surface area contributed by atoms with Crippen molar-refractivity contribution in [3.05, 3.63) is 67.3 Å². The van der Waals surface area contributed by atoms with Gasteiger partial charge in [0.2, 0.25) is 5.91 Å². The van der Waals surface area contributed by atoms with Crippen LogP contribution >= 0.6 is 0 Å². The standard InChI is InChI=1S/C23H20N6O/c1-12(2)23(30)28-17-10-29-20(13(17)3)18(19-21(24)26-11-27-22(19)29)15-8-14-6-4-5-7-16(14)25-9-15/h4-9,11,17H,1,3,10H2,2H3,(H,28,30)(H2,24,26,27)/t17-/m1/s1. The maximum Gasteiger partial charge on any atom is 0.246 e. The number of rotatable bonds is 3. The van der Waals surface area contributed by atoms with Crippen LogP contribution in [0, 0.1) is 0 Å². The molecule has 1 aliphatic rings. The molecule has 148 valence electrons. The number of hydrogen-bond acceptors (Lipinski definition) is 5. The summed E-state index contributed by atoms with van der Waals surface area (Å²) in [6, 6.07) is 9.77. The molecule has 4 heterocycles. The smallest absolute Gasteiger partial charge is 0.246 e. The van der Waals surface area contributed by atoms with Crippen LogP contribution in [0.25, 0.3) is 38.6 Å². The quantitative estimate of drug-likeness (QED) is 0.518. The van der Waals surface area contributed by atoms with Gasteiger partial charge < -0.3 is 15.6 Å². The number of para-hydroxylation sites is 1. The van der Waals surface area contributed by atoms with Gasteiger partial charge in [-0.15, -0.1) is 0 Å². The third-order valence-corrected chi connectivity index (χ3v) is 5.53. The summed E-state index contributed by atoms with van der Waals surface area (Å²) >= 11 is 0. The highest BCUT2D eigenvalue weighted by atomic mass is 16.1. The maximum atomic E-state index is 12.2. The molecule has 3 aromatic heterocycles. The van der Waals surface area contributed by atoms with E-state index in [-0.39, 0.29) is 11.9 Å². The van der Waals surface area contributed by atoms with Crippen molar-refractivity contribution in [3.63, 3.8) is 0 Å². The average Bonchev–Trinajstić information content (AvgIpc) is 3.23. The molecule has 0 fully saturated rings. The number of benzene rings is 1. The number of anilines is 1. The maximum absolute atomic E-state index is 12.2. The van der Waals surface area contributed by atoms with Gasteiger partial charge >= 0.3 is 0 Å². The predicted molar refractivity (Wildman–Crippen MR) is 118 cm³/mol. The fraction of sp³-hybridized carbons (Fsp3) is 0.130. The molecular formula is C23H20N6O. The highest BCUT2D eigenvalue weighted by Crippen LogP contribution is 2.44. The molecule has 1 aliphatic heterocycles. The number of carbonyl (C=O) groups is 1. The summed E-state index contributed by atoms with van der Waals surface area (Å²) < 4.78 is 2.05. The van der Waals surface area contributed by atoms with Crippen LogP contribution in [0.5, 0.6) is 0 Å². The van der Waals surface area contributed by atoms with Crippen molar-refractivity contribution in [1.29, 1.82) is 0 Å². The number of nitrogens with one attached hydrogen (secondary N) is 1. The van der Waals surface area contributed by atoms with E-state index in [0.717, 1.165) is 38.7 Å². The molecule has 0 aliphatic carbocycles. The number of pyridine rings is 1. The van der Waals surface area contributed by atoms with Gasteiger partial charge in [0.05, 0.1) is 22.6 Å². The minimum absolute atomic E-state index is 0.195. The molecule has 1 amide bonds. The Hall–Kier alpha value is -4.00. The van der Waals surface area contributed by atoms with E-state index >= 15 is 0 Å². The fourth-order valence-electron chi connectivity index (χ4n) is 4.07. The first-order valence-electron chi connectivity index (χ1n) is 9.59.